The van der Waals surface area contributed by atoms with Crippen LogP contribution in [0.5, 0.6) is 0 Å². The molecular formula is C36H52N4O5. The average Bonchev–Trinajstić information content (AvgIpc) is 3.03. The van der Waals surface area contributed by atoms with E-state index in [0.29, 0.717) is 38.0 Å². The summed E-state index contributed by atoms with van der Waals surface area (Å²) in [6, 6.07) is 16.0. The van der Waals surface area contributed by atoms with Crippen molar-refractivity contribution < 1.29 is 24.2 Å². The lowest BCUT2D eigenvalue weighted by Gasteiger charge is -2.50. The van der Waals surface area contributed by atoms with E-state index in [2.05, 4.69) is 20.9 Å². The van der Waals surface area contributed by atoms with E-state index in [1.54, 1.807) is 0 Å². The van der Waals surface area contributed by atoms with Crippen LogP contribution in [0.15, 0.2) is 48.5 Å². The molecule has 2 aliphatic heterocycles. The molecule has 3 fully saturated rings. The number of aliphatic hydroxyl groups excluding tert-OH is 1. The van der Waals surface area contributed by atoms with Crippen LogP contribution < -0.4 is 16.0 Å². The number of rotatable bonds is 9. The SMILES string of the molecule is CCNC(=O)NCc1ccc([C@@H]2O[C@H](CN3[C@@H](C(=O)NC(C)(C)C)CC[C@H]4CCCC[C@H]43)C[C@H](c3ccc(CO)cc3)O2)cc1. The van der Waals surface area contributed by atoms with Gasteiger partial charge in [-0.3, -0.25) is 9.69 Å². The summed E-state index contributed by atoms with van der Waals surface area (Å²) in [7, 11) is 0. The van der Waals surface area contributed by atoms with Gasteiger partial charge in [0, 0.05) is 43.2 Å². The first kappa shape index (κ1) is 33.4. The highest BCUT2D eigenvalue weighted by molar-refractivity contribution is 5.82. The van der Waals surface area contributed by atoms with E-state index in [-0.39, 0.29) is 42.3 Å². The van der Waals surface area contributed by atoms with E-state index >= 15 is 0 Å². The summed E-state index contributed by atoms with van der Waals surface area (Å²) in [5.74, 6) is 0.735. The van der Waals surface area contributed by atoms with Gasteiger partial charge in [-0.05, 0) is 76.0 Å². The summed E-state index contributed by atoms with van der Waals surface area (Å²) in [4.78, 5) is 28.0. The quantitative estimate of drug-likeness (QED) is 0.295. The number of nitrogens with one attached hydrogen (secondary N) is 3. The van der Waals surface area contributed by atoms with Crippen molar-refractivity contribution in [1.82, 2.24) is 20.9 Å². The number of carbonyl (C=O) groups excluding carboxylic acids is 2. The lowest BCUT2D eigenvalue weighted by atomic mass is 9.75. The molecule has 3 aliphatic rings. The molecule has 0 bridgehead atoms. The molecule has 9 heteroatoms. The maximum Gasteiger partial charge on any atom is 0.315 e. The Morgan fingerprint density at radius 2 is 1.58 bits per heavy atom. The van der Waals surface area contributed by atoms with Crippen molar-refractivity contribution in [1.29, 1.82) is 0 Å². The summed E-state index contributed by atoms with van der Waals surface area (Å²) < 4.78 is 13.3. The molecule has 2 aromatic carbocycles. The van der Waals surface area contributed by atoms with E-state index in [1.807, 2.05) is 76.2 Å². The molecule has 45 heavy (non-hydrogen) atoms. The molecule has 2 heterocycles. The first-order chi connectivity index (χ1) is 21.6. The Labute approximate surface area is 268 Å². The van der Waals surface area contributed by atoms with E-state index in [1.165, 1.54) is 19.3 Å². The lowest BCUT2D eigenvalue weighted by molar-refractivity contribution is -0.255. The molecule has 246 valence electrons. The number of hydrogen-bond acceptors (Lipinski definition) is 6. The van der Waals surface area contributed by atoms with Crippen LogP contribution in [-0.2, 0) is 27.4 Å². The van der Waals surface area contributed by atoms with Crippen molar-refractivity contribution in [3.05, 3.63) is 70.8 Å². The maximum absolute atomic E-state index is 13.7. The minimum absolute atomic E-state index is 0.00297. The van der Waals surface area contributed by atoms with Crippen molar-refractivity contribution in [3.63, 3.8) is 0 Å². The molecule has 1 saturated carbocycles. The number of ether oxygens (including phenoxy) is 2. The standard InChI is InChI=1S/C36H52N4O5/c1-5-37-35(43)38-21-24-10-16-28(17-11-24)34-44-29(20-32(45-34)27-14-12-25(23-41)13-15-27)22-40-30-9-7-6-8-26(30)18-19-31(40)33(42)39-36(2,3)4/h10-17,26,29-32,34,41H,5-9,18-23H2,1-4H3,(H,39,42)(H2,37,38,43)/t26-,29+,30-,31-,32-,34-/m1/s1. The molecular weight excluding hydrogens is 568 g/mol. The molecule has 0 aromatic heterocycles. The zero-order chi connectivity index (χ0) is 32.0. The number of benzene rings is 2. The zero-order valence-electron chi connectivity index (χ0n) is 27.4. The second-order valence-corrected chi connectivity index (χ2v) is 13.9. The van der Waals surface area contributed by atoms with Crippen LogP contribution in [0, 0.1) is 5.92 Å². The van der Waals surface area contributed by atoms with Crippen LogP contribution in [0.4, 0.5) is 4.79 Å². The Morgan fingerprint density at radius 3 is 2.27 bits per heavy atom. The van der Waals surface area contributed by atoms with E-state index in [0.717, 1.165) is 41.5 Å². The maximum atomic E-state index is 13.7. The lowest BCUT2D eigenvalue weighted by Crippen LogP contribution is -2.61. The fourth-order valence-electron chi connectivity index (χ4n) is 7.19. The number of carbonyl (C=O) groups is 2. The Bertz CT molecular complexity index is 1260. The zero-order valence-corrected chi connectivity index (χ0v) is 27.4. The Balaban J connectivity index is 1.38. The Morgan fingerprint density at radius 1 is 0.889 bits per heavy atom. The highest BCUT2D eigenvalue weighted by Crippen LogP contribution is 2.42. The van der Waals surface area contributed by atoms with Crippen LogP contribution in [0.3, 0.4) is 0 Å². The van der Waals surface area contributed by atoms with Crippen LogP contribution in [-0.4, -0.2) is 58.8 Å². The van der Waals surface area contributed by atoms with Crippen molar-refractivity contribution in [2.24, 2.45) is 5.92 Å². The van der Waals surface area contributed by atoms with Crippen LogP contribution in [0.2, 0.25) is 0 Å². The van der Waals surface area contributed by atoms with Gasteiger partial charge in [-0.15, -0.1) is 0 Å². The van der Waals surface area contributed by atoms with Gasteiger partial charge in [-0.25, -0.2) is 4.79 Å². The highest BCUT2D eigenvalue weighted by Gasteiger charge is 2.44. The molecule has 3 amide bonds. The summed E-state index contributed by atoms with van der Waals surface area (Å²) in [5.41, 5.74) is 3.51. The third kappa shape index (κ3) is 8.85. The summed E-state index contributed by atoms with van der Waals surface area (Å²) in [6.45, 7) is 9.69. The van der Waals surface area contributed by atoms with Gasteiger partial charge in [-0.2, -0.15) is 0 Å². The summed E-state index contributed by atoms with van der Waals surface area (Å²) in [5, 5.41) is 18.5. The second kappa shape index (κ2) is 15.1. The Kier molecular flexibility index (Phi) is 11.2. The fraction of sp³-hybridized carbons (Fsp3) is 0.611. The van der Waals surface area contributed by atoms with Crippen molar-refractivity contribution in [3.8, 4) is 0 Å². The summed E-state index contributed by atoms with van der Waals surface area (Å²) >= 11 is 0. The molecule has 2 aromatic rings. The number of amides is 3. The number of urea groups is 1. The number of hydrogen-bond donors (Lipinski definition) is 4. The van der Waals surface area contributed by atoms with Gasteiger partial charge in [-0.1, -0.05) is 61.4 Å². The molecule has 0 unspecified atom stereocenters. The summed E-state index contributed by atoms with van der Waals surface area (Å²) in [6.07, 6.45) is 6.53. The van der Waals surface area contributed by atoms with E-state index in [4.69, 9.17) is 9.47 Å². The number of likely N-dealkylation sites (tertiary alicyclic amines) is 1. The van der Waals surface area contributed by atoms with Crippen molar-refractivity contribution >= 4 is 11.9 Å². The minimum Gasteiger partial charge on any atom is -0.392 e. The minimum atomic E-state index is -0.578. The number of nitrogens with zero attached hydrogens (tertiary/aromatic N) is 1. The van der Waals surface area contributed by atoms with Gasteiger partial charge in [0.15, 0.2) is 6.29 Å². The monoisotopic (exact) mass is 620 g/mol. The van der Waals surface area contributed by atoms with Gasteiger partial charge >= 0.3 is 6.03 Å². The Hall–Kier alpha value is -2.98. The van der Waals surface area contributed by atoms with E-state index < -0.39 is 6.29 Å². The van der Waals surface area contributed by atoms with Crippen LogP contribution >= 0.6 is 0 Å². The predicted molar refractivity (Wildman–Crippen MR) is 174 cm³/mol. The van der Waals surface area contributed by atoms with Crippen molar-refractivity contribution in [2.45, 2.75) is 122 Å². The van der Waals surface area contributed by atoms with Gasteiger partial charge in [0.25, 0.3) is 0 Å². The molecule has 1 aliphatic carbocycles. The second-order valence-electron chi connectivity index (χ2n) is 13.9. The first-order valence-corrected chi connectivity index (χ1v) is 16.8. The van der Waals surface area contributed by atoms with Gasteiger partial charge in [0.2, 0.25) is 5.91 Å². The normalized spacial score (nSPS) is 27.3. The van der Waals surface area contributed by atoms with Gasteiger partial charge in [0.1, 0.15) is 0 Å². The van der Waals surface area contributed by atoms with Gasteiger partial charge < -0.3 is 30.5 Å². The molecule has 2 saturated heterocycles. The number of piperidine rings is 1. The molecule has 0 radical (unpaired) electrons. The largest absolute Gasteiger partial charge is 0.392 e. The predicted octanol–water partition coefficient (Wildman–Crippen LogP) is 5.48. The molecule has 6 atom stereocenters. The topological polar surface area (TPSA) is 112 Å². The van der Waals surface area contributed by atoms with E-state index in [9.17, 15) is 14.7 Å². The highest BCUT2D eigenvalue weighted by atomic mass is 16.7. The first-order valence-electron chi connectivity index (χ1n) is 16.8. The number of fused-ring (bicyclic) bond motifs is 1. The molecule has 4 N–H and O–H groups in total. The van der Waals surface area contributed by atoms with Crippen LogP contribution in [0.25, 0.3) is 0 Å². The third-order valence-corrected chi connectivity index (χ3v) is 9.38. The van der Waals surface area contributed by atoms with Gasteiger partial charge in [0.05, 0.1) is 24.9 Å². The smallest absolute Gasteiger partial charge is 0.315 e. The molecule has 9 nitrogen and oxygen atoms in total. The fourth-order valence-corrected chi connectivity index (χ4v) is 7.19. The van der Waals surface area contributed by atoms with Crippen molar-refractivity contribution in [2.75, 3.05) is 13.1 Å². The molecule has 5 rings (SSSR count). The molecule has 0 spiro atoms. The average molecular weight is 621 g/mol. The third-order valence-electron chi connectivity index (χ3n) is 9.38. The van der Waals surface area contributed by atoms with Crippen LogP contribution in [0.1, 0.15) is 107 Å². The number of aliphatic hydroxyl groups is 1.